The van der Waals surface area contributed by atoms with Gasteiger partial charge in [0, 0.05) is 24.7 Å². The fraction of sp³-hybridized carbons (Fsp3) is 0.500. The van der Waals surface area contributed by atoms with Gasteiger partial charge in [0.05, 0.1) is 4.90 Å². The third-order valence-electron chi connectivity index (χ3n) is 3.08. The van der Waals surface area contributed by atoms with Gasteiger partial charge in [0.25, 0.3) is 0 Å². The van der Waals surface area contributed by atoms with E-state index >= 15 is 0 Å². The predicted molar refractivity (Wildman–Crippen MR) is 78.2 cm³/mol. The van der Waals surface area contributed by atoms with Crippen molar-refractivity contribution in [3.05, 3.63) is 23.8 Å². The average Bonchev–Trinajstić information content (AvgIpc) is 2.67. The minimum atomic E-state index is -3.53. The van der Waals surface area contributed by atoms with Crippen LogP contribution in [0.5, 0.6) is 0 Å². The summed E-state index contributed by atoms with van der Waals surface area (Å²) in [4.78, 5) is 13.4. The van der Waals surface area contributed by atoms with Crippen molar-refractivity contribution in [3.8, 4) is 0 Å². The second kappa shape index (κ2) is 4.86. The SMILES string of the molecule is CC(=O)N1CCc2cc(S(=O)(=O)NC(C)(C)C)ccc21. The van der Waals surface area contributed by atoms with Crippen LogP contribution in [0.15, 0.2) is 23.1 Å². The molecule has 6 heteroatoms. The summed E-state index contributed by atoms with van der Waals surface area (Å²) in [6.07, 6.45) is 0.688. The summed E-state index contributed by atoms with van der Waals surface area (Å²) >= 11 is 0. The Bertz CT molecular complexity index is 645. The van der Waals surface area contributed by atoms with Gasteiger partial charge in [-0.05, 0) is 51.0 Å². The molecule has 1 N–H and O–H groups in total. The molecule has 0 aliphatic carbocycles. The lowest BCUT2D eigenvalue weighted by atomic mass is 10.1. The maximum Gasteiger partial charge on any atom is 0.241 e. The number of benzene rings is 1. The molecule has 1 amide bonds. The standard InChI is InChI=1S/C14H20N2O3S/c1-10(17)16-8-7-11-9-12(5-6-13(11)16)20(18,19)15-14(2,3)4/h5-6,9,15H,7-8H2,1-4H3. The third-order valence-corrected chi connectivity index (χ3v) is 4.83. The zero-order valence-electron chi connectivity index (χ0n) is 12.2. The number of carbonyl (C=O) groups excluding carboxylic acids is 1. The summed E-state index contributed by atoms with van der Waals surface area (Å²) in [5.74, 6) is -0.0211. The first-order valence-electron chi connectivity index (χ1n) is 6.55. The van der Waals surface area contributed by atoms with Gasteiger partial charge in [-0.2, -0.15) is 0 Å². The topological polar surface area (TPSA) is 66.5 Å². The van der Waals surface area contributed by atoms with E-state index in [9.17, 15) is 13.2 Å². The first-order valence-corrected chi connectivity index (χ1v) is 8.03. The molecule has 5 nitrogen and oxygen atoms in total. The molecular weight excluding hydrogens is 276 g/mol. The summed E-state index contributed by atoms with van der Waals surface area (Å²) < 4.78 is 27.2. The summed E-state index contributed by atoms with van der Waals surface area (Å²) in [5, 5.41) is 0. The highest BCUT2D eigenvalue weighted by molar-refractivity contribution is 7.89. The molecule has 1 aromatic rings. The molecule has 20 heavy (non-hydrogen) atoms. The lowest BCUT2D eigenvalue weighted by Gasteiger charge is -2.21. The molecular formula is C14H20N2O3S. The average molecular weight is 296 g/mol. The third kappa shape index (κ3) is 3.02. The molecule has 0 saturated carbocycles. The minimum Gasteiger partial charge on any atom is -0.312 e. The van der Waals surface area contributed by atoms with Crippen molar-refractivity contribution in [1.82, 2.24) is 4.72 Å². The lowest BCUT2D eigenvalue weighted by molar-refractivity contribution is -0.116. The van der Waals surface area contributed by atoms with Gasteiger partial charge < -0.3 is 4.90 Å². The molecule has 2 rings (SSSR count). The molecule has 1 aromatic carbocycles. The molecule has 0 fully saturated rings. The monoisotopic (exact) mass is 296 g/mol. The van der Waals surface area contributed by atoms with Crippen LogP contribution in [0.2, 0.25) is 0 Å². The van der Waals surface area contributed by atoms with Gasteiger partial charge in [0.1, 0.15) is 0 Å². The quantitative estimate of drug-likeness (QED) is 0.903. The normalized spacial score (nSPS) is 15.3. The first kappa shape index (κ1) is 15.0. The Morgan fingerprint density at radius 2 is 1.95 bits per heavy atom. The number of hydrogen-bond acceptors (Lipinski definition) is 3. The van der Waals surface area contributed by atoms with Crippen molar-refractivity contribution < 1.29 is 13.2 Å². The Morgan fingerprint density at radius 3 is 2.50 bits per heavy atom. The van der Waals surface area contributed by atoms with E-state index in [2.05, 4.69) is 4.72 Å². The second-order valence-corrected chi connectivity index (χ2v) is 7.75. The number of fused-ring (bicyclic) bond motifs is 1. The fourth-order valence-corrected chi connectivity index (χ4v) is 3.80. The molecule has 110 valence electrons. The van der Waals surface area contributed by atoms with Crippen LogP contribution in [0.4, 0.5) is 5.69 Å². The van der Waals surface area contributed by atoms with Gasteiger partial charge >= 0.3 is 0 Å². The smallest absolute Gasteiger partial charge is 0.241 e. The summed E-state index contributed by atoms with van der Waals surface area (Å²) in [6.45, 7) is 7.53. The number of nitrogens with zero attached hydrogens (tertiary/aromatic N) is 1. The van der Waals surface area contributed by atoms with Crippen molar-refractivity contribution in [1.29, 1.82) is 0 Å². The van der Waals surface area contributed by atoms with Crippen LogP contribution in [0.1, 0.15) is 33.3 Å². The highest BCUT2D eigenvalue weighted by Crippen LogP contribution is 2.30. The van der Waals surface area contributed by atoms with E-state index in [-0.39, 0.29) is 10.8 Å². The van der Waals surface area contributed by atoms with Crippen molar-refractivity contribution in [2.45, 2.75) is 44.6 Å². The Labute approximate surface area is 120 Å². The summed E-state index contributed by atoms with van der Waals surface area (Å²) in [6, 6.07) is 4.92. The molecule has 0 saturated heterocycles. The molecule has 1 aliphatic heterocycles. The molecule has 0 unspecified atom stereocenters. The Balaban J connectivity index is 2.36. The van der Waals surface area contributed by atoms with E-state index in [1.165, 1.54) is 6.92 Å². The number of anilines is 1. The Morgan fingerprint density at radius 1 is 1.30 bits per heavy atom. The van der Waals surface area contributed by atoms with E-state index in [4.69, 9.17) is 0 Å². The highest BCUT2D eigenvalue weighted by atomic mass is 32.2. The summed E-state index contributed by atoms with van der Waals surface area (Å²) in [7, 11) is -3.53. The van der Waals surface area contributed by atoms with Gasteiger partial charge in [0.15, 0.2) is 0 Å². The van der Waals surface area contributed by atoms with Crippen LogP contribution in [0.3, 0.4) is 0 Å². The molecule has 0 radical (unpaired) electrons. The highest BCUT2D eigenvalue weighted by Gasteiger charge is 2.26. The molecule has 1 heterocycles. The Hall–Kier alpha value is -1.40. The fourth-order valence-electron chi connectivity index (χ4n) is 2.33. The summed E-state index contributed by atoms with van der Waals surface area (Å²) in [5.41, 5.74) is 1.19. The number of amides is 1. The van der Waals surface area contributed by atoms with Crippen LogP contribution >= 0.6 is 0 Å². The molecule has 0 atom stereocenters. The molecule has 1 aliphatic rings. The molecule has 0 spiro atoms. The largest absolute Gasteiger partial charge is 0.312 e. The first-order chi connectivity index (χ1) is 9.10. The zero-order chi connectivity index (χ0) is 15.1. The number of sulfonamides is 1. The molecule has 0 bridgehead atoms. The Kier molecular flexibility index (Phi) is 3.64. The molecule has 0 aromatic heterocycles. The number of hydrogen-bond donors (Lipinski definition) is 1. The predicted octanol–water partition coefficient (Wildman–Crippen LogP) is 1.67. The van der Waals surface area contributed by atoms with Gasteiger partial charge in [-0.3, -0.25) is 4.79 Å². The van der Waals surface area contributed by atoms with Crippen molar-refractivity contribution in [2.75, 3.05) is 11.4 Å². The van der Waals surface area contributed by atoms with Crippen LogP contribution in [0.25, 0.3) is 0 Å². The van der Waals surface area contributed by atoms with Crippen LogP contribution < -0.4 is 9.62 Å². The maximum absolute atomic E-state index is 12.3. The van der Waals surface area contributed by atoms with Crippen LogP contribution in [0, 0.1) is 0 Å². The second-order valence-electron chi connectivity index (χ2n) is 6.07. The van der Waals surface area contributed by atoms with Crippen molar-refractivity contribution >= 4 is 21.6 Å². The van der Waals surface area contributed by atoms with E-state index in [0.29, 0.717) is 13.0 Å². The number of carbonyl (C=O) groups is 1. The minimum absolute atomic E-state index is 0.0211. The van der Waals surface area contributed by atoms with Crippen molar-refractivity contribution in [3.63, 3.8) is 0 Å². The maximum atomic E-state index is 12.3. The van der Waals surface area contributed by atoms with Crippen molar-refractivity contribution in [2.24, 2.45) is 0 Å². The van der Waals surface area contributed by atoms with E-state index in [1.807, 2.05) is 0 Å². The van der Waals surface area contributed by atoms with Crippen LogP contribution in [-0.2, 0) is 21.2 Å². The van der Waals surface area contributed by atoms with Crippen LogP contribution in [-0.4, -0.2) is 26.4 Å². The lowest BCUT2D eigenvalue weighted by Crippen LogP contribution is -2.40. The van der Waals surface area contributed by atoms with Gasteiger partial charge in [-0.1, -0.05) is 0 Å². The van der Waals surface area contributed by atoms with Gasteiger partial charge in [-0.15, -0.1) is 0 Å². The van der Waals surface area contributed by atoms with E-state index < -0.39 is 15.6 Å². The number of rotatable bonds is 2. The van der Waals surface area contributed by atoms with E-state index in [0.717, 1.165) is 11.3 Å². The van der Waals surface area contributed by atoms with Gasteiger partial charge in [0.2, 0.25) is 15.9 Å². The van der Waals surface area contributed by atoms with Gasteiger partial charge in [-0.25, -0.2) is 13.1 Å². The zero-order valence-corrected chi connectivity index (χ0v) is 13.0. The number of nitrogens with one attached hydrogen (secondary N) is 1. The van der Waals surface area contributed by atoms with E-state index in [1.54, 1.807) is 43.9 Å².